The van der Waals surface area contributed by atoms with Gasteiger partial charge in [-0.3, -0.25) is 0 Å². The molecule has 0 fully saturated rings. The van der Waals surface area contributed by atoms with Crippen LogP contribution < -0.4 is 10.2 Å². The fourth-order valence-corrected chi connectivity index (χ4v) is 1.18. The lowest BCUT2D eigenvalue weighted by molar-refractivity contribution is 0.727. The van der Waals surface area contributed by atoms with Crippen LogP contribution in [0.2, 0.25) is 0 Å². The molecule has 0 aliphatic heterocycles. The highest BCUT2D eigenvalue weighted by atomic mass is 35.5. The van der Waals surface area contributed by atoms with Crippen LogP contribution in [0.25, 0.3) is 0 Å². The average Bonchev–Trinajstić information content (AvgIpc) is 2.15. The molecule has 4 heteroatoms. The van der Waals surface area contributed by atoms with Crippen LogP contribution >= 0.6 is 24.8 Å². The molecular weight excluding hydrogens is 231 g/mol. The Balaban J connectivity index is 0. The maximum Gasteiger partial charge on any atom is 0.0361 e. The molecule has 0 radical (unpaired) electrons. The number of halogens is 2. The highest BCUT2D eigenvalue weighted by Crippen LogP contribution is 2.11. The molecule has 0 atom stereocenters. The van der Waals surface area contributed by atoms with Gasteiger partial charge in [-0.1, -0.05) is 19.1 Å². The Bertz CT molecular complexity index is 247. The van der Waals surface area contributed by atoms with Gasteiger partial charge in [-0.15, -0.1) is 24.8 Å². The van der Waals surface area contributed by atoms with E-state index in [-0.39, 0.29) is 24.8 Å². The Morgan fingerprint density at radius 3 is 2.00 bits per heavy atom. The Morgan fingerprint density at radius 2 is 1.60 bits per heavy atom. The third kappa shape index (κ3) is 5.88. The average molecular weight is 251 g/mol. The van der Waals surface area contributed by atoms with E-state index in [1.54, 1.807) is 0 Å². The topological polar surface area (TPSA) is 15.3 Å². The second kappa shape index (κ2) is 8.84. The second-order valence-electron chi connectivity index (χ2n) is 3.34. The van der Waals surface area contributed by atoms with E-state index in [4.69, 9.17) is 0 Å². The molecule has 0 aliphatic carbocycles. The van der Waals surface area contributed by atoms with Gasteiger partial charge in [0.15, 0.2) is 0 Å². The molecule has 1 N–H and O–H groups in total. The van der Waals surface area contributed by atoms with Crippen molar-refractivity contribution in [1.29, 1.82) is 0 Å². The Morgan fingerprint density at radius 1 is 1.07 bits per heavy atom. The summed E-state index contributed by atoms with van der Waals surface area (Å²) in [6.45, 7) is 4.10. The fraction of sp³-hybridized carbons (Fsp3) is 0.455. The van der Waals surface area contributed by atoms with Crippen molar-refractivity contribution in [3.05, 3.63) is 29.8 Å². The molecule has 1 aromatic carbocycles. The van der Waals surface area contributed by atoms with Crippen molar-refractivity contribution in [2.75, 3.05) is 25.5 Å². The zero-order valence-electron chi connectivity index (χ0n) is 9.49. The lowest BCUT2D eigenvalue weighted by Crippen LogP contribution is -2.12. The number of hydrogen-bond donors (Lipinski definition) is 1. The van der Waals surface area contributed by atoms with Gasteiger partial charge in [0.05, 0.1) is 0 Å². The van der Waals surface area contributed by atoms with E-state index in [1.165, 1.54) is 11.3 Å². The van der Waals surface area contributed by atoms with E-state index in [9.17, 15) is 0 Å². The summed E-state index contributed by atoms with van der Waals surface area (Å²) in [5.74, 6) is 0. The van der Waals surface area contributed by atoms with E-state index in [0.717, 1.165) is 13.1 Å². The normalized spacial score (nSPS) is 8.73. The summed E-state index contributed by atoms with van der Waals surface area (Å²) in [5, 5.41) is 3.30. The van der Waals surface area contributed by atoms with Gasteiger partial charge in [0.2, 0.25) is 0 Å². The summed E-state index contributed by atoms with van der Waals surface area (Å²) in [6.07, 6.45) is 0. The monoisotopic (exact) mass is 250 g/mol. The zero-order chi connectivity index (χ0) is 9.68. The third-order valence-electron chi connectivity index (χ3n) is 2.03. The molecule has 0 unspecified atom stereocenters. The summed E-state index contributed by atoms with van der Waals surface area (Å²) in [4.78, 5) is 2.11. The second-order valence-corrected chi connectivity index (χ2v) is 3.34. The maximum absolute atomic E-state index is 3.30. The first-order chi connectivity index (χ1) is 6.24. The molecule has 88 valence electrons. The molecule has 2 nitrogen and oxygen atoms in total. The van der Waals surface area contributed by atoms with Crippen molar-refractivity contribution in [1.82, 2.24) is 5.32 Å². The van der Waals surface area contributed by atoms with Crippen LogP contribution in [0.3, 0.4) is 0 Å². The molecule has 1 aromatic rings. The number of rotatable bonds is 4. The molecule has 0 amide bonds. The molecule has 1 rings (SSSR count). The van der Waals surface area contributed by atoms with Gasteiger partial charge in [-0.05, 0) is 24.2 Å². The van der Waals surface area contributed by atoms with E-state index < -0.39 is 0 Å². The molecule has 15 heavy (non-hydrogen) atoms. The number of anilines is 1. The van der Waals surface area contributed by atoms with Crippen LogP contribution in [0.1, 0.15) is 12.5 Å². The number of hydrogen-bond acceptors (Lipinski definition) is 2. The van der Waals surface area contributed by atoms with Crippen molar-refractivity contribution < 1.29 is 0 Å². The van der Waals surface area contributed by atoms with Crippen molar-refractivity contribution in [2.45, 2.75) is 13.5 Å². The maximum atomic E-state index is 3.30. The van der Waals surface area contributed by atoms with E-state index >= 15 is 0 Å². The highest BCUT2D eigenvalue weighted by molar-refractivity contribution is 5.85. The van der Waals surface area contributed by atoms with Crippen LogP contribution in [0.15, 0.2) is 24.3 Å². The van der Waals surface area contributed by atoms with Crippen LogP contribution in [-0.4, -0.2) is 20.6 Å². The van der Waals surface area contributed by atoms with Crippen LogP contribution in [0.4, 0.5) is 5.69 Å². The molecule has 0 aromatic heterocycles. The molecule has 0 heterocycles. The minimum Gasteiger partial charge on any atom is -0.378 e. The first-order valence-electron chi connectivity index (χ1n) is 4.71. The number of nitrogens with one attached hydrogen (secondary N) is 1. The number of nitrogens with zero attached hydrogens (tertiary/aromatic N) is 1. The number of benzene rings is 1. The lowest BCUT2D eigenvalue weighted by atomic mass is 10.2. The minimum absolute atomic E-state index is 0. The van der Waals surface area contributed by atoms with E-state index in [2.05, 4.69) is 55.5 Å². The molecular formula is C11H20Cl2N2. The summed E-state index contributed by atoms with van der Waals surface area (Å²) >= 11 is 0. The SMILES string of the molecule is CCNCc1ccc(N(C)C)cc1.Cl.Cl. The quantitative estimate of drug-likeness (QED) is 0.885. The van der Waals surface area contributed by atoms with Gasteiger partial charge < -0.3 is 10.2 Å². The van der Waals surface area contributed by atoms with Gasteiger partial charge >= 0.3 is 0 Å². The third-order valence-corrected chi connectivity index (χ3v) is 2.03. The van der Waals surface area contributed by atoms with Gasteiger partial charge in [-0.2, -0.15) is 0 Å². The van der Waals surface area contributed by atoms with E-state index in [0.29, 0.717) is 0 Å². The molecule has 0 saturated carbocycles. The lowest BCUT2D eigenvalue weighted by Gasteiger charge is -2.12. The first-order valence-corrected chi connectivity index (χ1v) is 4.71. The van der Waals surface area contributed by atoms with E-state index in [1.807, 2.05) is 0 Å². The predicted molar refractivity (Wildman–Crippen MR) is 72.6 cm³/mol. The fourth-order valence-electron chi connectivity index (χ4n) is 1.18. The molecule has 0 saturated heterocycles. The van der Waals surface area contributed by atoms with Crippen molar-refractivity contribution in [2.24, 2.45) is 0 Å². The highest BCUT2D eigenvalue weighted by Gasteiger charge is 1.94. The van der Waals surface area contributed by atoms with Gasteiger partial charge in [-0.25, -0.2) is 0 Å². The van der Waals surface area contributed by atoms with Crippen LogP contribution in [0.5, 0.6) is 0 Å². The molecule has 0 bridgehead atoms. The minimum atomic E-state index is 0. The summed E-state index contributed by atoms with van der Waals surface area (Å²) < 4.78 is 0. The van der Waals surface area contributed by atoms with Gasteiger partial charge in [0.25, 0.3) is 0 Å². The van der Waals surface area contributed by atoms with Gasteiger partial charge in [0, 0.05) is 26.3 Å². The largest absolute Gasteiger partial charge is 0.378 e. The van der Waals surface area contributed by atoms with Crippen LogP contribution in [-0.2, 0) is 6.54 Å². The Labute approximate surface area is 105 Å². The summed E-state index contributed by atoms with van der Waals surface area (Å²) in [6, 6.07) is 8.62. The zero-order valence-corrected chi connectivity index (χ0v) is 11.1. The van der Waals surface area contributed by atoms with Crippen molar-refractivity contribution >= 4 is 30.5 Å². The Kier molecular flexibility index (Phi) is 10.00. The predicted octanol–water partition coefficient (Wildman–Crippen LogP) is 2.71. The van der Waals surface area contributed by atoms with Crippen LogP contribution in [0, 0.1) is 0 Å². The van der Waals surface area contributed by atoms with Gasteiger partial charge in [0.1, 0.15) is 0 Å². The molecule has 0 aliphatic rings. The Hall–Kier alpha value is -0.440. The van der Waals surface area contributed by atoms with Crippen molar-refractivity contribution in [3.8, 4) is 0 Å². The smallest absolute Gasteiger partial charge is 0.0361 e. The summed E-state index contributed by atoms with van der Waals surface area (Å²) in [7, 11) is 4.11. The van der Waals surface area contributed by atoms with Crippen molar-refractivity contribution in [3.63, 3.8) is 0 Å². The molecule has 0 spiro atoms. The standard InChI is InChI=1S/C11H18N2.2ClH/c1-4-12-9-10-5-7-11(8-6-10)13(2)3;;/h5-8,12H,4,9H2,1-3H3;2*1H. The first kappa shape index (κ1) is 17.0. The summed E-state index contributed by atoms with van der Waals surface area (Å²) in [5.41, 5.74) is 2.59.